The van der Waals surface area contributed by atoms with Crippen molar-refractivity contribution in [2.75, 3.05) is 30.1 Å². The summed E-state index contributed by atoms with van der Waals surface area (Å²) in [7, 11) is -2.73. The fourth-order valence-electron chi connectivity index (χ4n) is 1.47. The van der Waals surface area contributed by atoms with Crippen molar-refractivity contribution in [3.63, 3.8) is 0 Å². The summed E-state index contributed by atoms with van der Waals surface area (Å²) in [6, 6.07) is 8.57. The van der Waals surface area contributed by atoms with Gasteiger partial charge >= 0.3 is 16.1 Å². The monoisotopic (exact) mass is 409 g/mol. The maximum Gasteiger partial charge on any atom is 0.366 e. The van der Waals surface area contributed by atoms with Crippen LogP contribution in [0.3, 0.4) is 0 Å². The highest BCUT2D eigenvalue weighted by atomic mass is 32.2. The third-order valence-corrected chi connectivity index (χ3v) is 6.16. The first-order valence-corrected chi connectivity index (χ1v) is 11.3. The lowest BCUT2D eigenvalue weighted by Gasteiger charge is -2.05. The Kier molecular flexibility index (Phi) is 10.3. The van der Waals surface area contributed by atoms with Crippen LogP contribution in [0.15, 0.2) is 35.5 Å². The number of esters is 1. The number of carbonyl (C=O) groups excluding carboxylic acids is 1. The minimum Gasteiger partial charge on any atom is -0.464 e. The van der Waals surface area contributed by atoms with E-state index in [0.717, 1.165) is 29.0 Å². The molecule has 0 aliphatic carbocycles. The summed E-state index contributed by atoms with van der Waals surface area (Å²) >= 11 is 6.87. The minimum atomic E-state index is -3.93. The number of benzene rings is 1. The lowest BCUT2D eigenvalue weighted by molar-refractivity contribution is -0.132. The second-order valence-corrected chi connectivity index (χ2v) is 8.64. The SMILES string of the molecule is COC(=O)C(=NOS(=O)(=O)Cc1ccccc1)SCCSCCS. The summed E-state index contributed by atoms with van der Waals surface area (Å²) in [5.41, 5.74) is 0.572. The van der Waals surface area contributed by atoms with Crippen molar-refractivity contribution >= 4 is 57.3 Å². The van der Waals surface area contributed by atoms with E-state index < -0.39 is 16.1 Å². The van der Waals surface area contributed by atoms with Crippen LogP contribution in [0, 0.1) is 0 Å². The van der Waals surface area contributed by atoms with Crippen molar-refractivity contribution in [1.29, 1.82) is 0 Å². The van der Waals surface area contributed by atoms with Crippen LogP contribution in [-0.2, 0) is 29.7 Å². The molecular formula is C14H19NO5S4. The van der Waals surface area contributed by atoms with Gasteiger partial charge in [-0.1, -0.05) is 47.2 Å². The van der Waals surface area contributed by atoms with Gasteiger partial charge in [0.05, 0.1) is 7.11 Å². The number of carbonyl (C=O) groups is 1. The predicted octanol–water partition coefficient (Wildman–Crippen LogP) is 2.42. The molecule has 1 rings (SSSR count). The number of hydrogen-bond acceptors (Lipinski definition) is 9. The van der Waals surface area contributed by atoms with E-state index in [9.17, 15) is 13.2 Å². The van der Waals surface area contributed by atoms with Gasteiger partial charge in [0.1, 0.15) is 5.75 Å². The number of hydrogen-bond donors (Lipinski definition) is 1. The van der Waals surface area contributed by atoms with Crippen molar-refractivity contribution in [3.8, 4) is 0 Å². The normalized spacial score (nSPS) is 12.0. The molecule has 0 atom stereocenters. The molecule has 0 radical (unpaired) electrons. The van der Waals surface area contributed by atoms with Gasteiger partial charge in [0.2, 0.25) is 5.04 Å². The molecule has 6 nitrogen and oxygen atoms in total. The minimum absolute atomic E-state index is 0.124. The second-order valence-electron chi connectivity index (χ2n) is 4.33. The number of ether oxygens (including phenoxy) is 1. The average molecular weight is 410 g/mol. The Hall–Kier alpha value is -0.840. The van der Waals surface area contributed by atoms with E-state index in [1.54, 1.807) is 42.1 Å². The molecule has 1 aromatic carbocycles. The number of thioether (sulfide) groups is 2. The summed E-state index contributed by atoms with van der Waals surface area (Å²) < 4.78 is 33.1. The Balaban J connectivity index is 2.63. The summed E-state index contributed by atoms with van der Waals surface area (Å²) in [4.78, 5) is 11.6. The molecule has 0 bridgehead atoms. The maximum absolute atomic E-state index is 11.9. The molecule has 0 unspecified atom stereocenters. The van der Waals surface area contributed by atoms with Gasteiger partial charge in [0.15, 0.2) is 0 Å². The van der Waals surface area contributed by atoms with Crippen LogP contribution in [0.4, 0.5) is 0 Å². The zero-order chi connectivity index (χ0) is 17.8. The first-order valence-electron chi connectivity index (χ1n) is 6.91. The Bertz CT molecular complexity index is 634. The predicted molar refractivity (Wildman–Crippen MR) is 103 cm³/mol. The number of thiol groups is 1. The van der Waals surface area contributed by atoms with Crippen LogP contribution in [-0.4, -0.2) is 49.6 Å². The molecule has 0 spiro atoms. The lowest BCUT2D eigenvalue weighted by Crippen LogP contribution is -2.15. The maximum atomic E-state index is 11.9. The molecule has 134 valence electrons. The third-order valence-electron chi connectivity index (χ3n) is 2.48. The van der Waals surface area contributed by atoms with Crippen molar-refractivity contribution < 1.29 is 22.2 Å². The first kappa shape index (κ1) is 21.2. The van der Waals surface area contributed by atoms with Gasteiger partial charge in [-0.05, 0) is 11.3 Å². The van der Waals surface area contributed by atoms with Crippen LogP contribution >= 0.6 is 36.2 Å². The smallest absolute Gasteiger partial charge is 0.366 e. The average Bonchev–Trinajstić information content (AvgIpc) is 2.57. The highest BCUT2D eigenvalue weighted by molar-refractivity contribution is 8.16. The van der Waals surface area contributed by atoms with Crippen molar-refractivity contribution in [3.05, 3.63) is 35.9 Å². The van der Waals surface area contributed by atoms with E-state index in [1.165, 1.54) is 7.11 Å². The molecule has 24 heavy (non-hydrogen) atoms. The Morgan fingerprint density at radius 1 is 1.21 bits per heavy atom. The van der Waals surface area contributed by atoms with Crippen LogP contribution in [0.2, 0.25) is 0 Å². The van der Waals surface area contributed by atoms with Gasteiger partial charge in [-0.15, -0.1) is 0 Å². The van der Waals surface area contributed by atoms with E-state index >= 15 is 0 Å². The van der Waals surface area contributed by atoms with Gasteiger partial charge in [0, 0.05) is 17.3 Å². The Morgan fingerprint density at radius 3 is 2.54 bits per heavy atom. The number of oxime groups is 1. The van der Waals surface area contributed by atoms with E-state index in [0.29, 0.717) is 11.3 Å². The van der Waals surface area contributed by atoms with Crippen LogP contribution in [0.25, 0.3) is 0 Å². The highest BCUT2D eigenvalue weighted by Gasteiger charge is 2.18. The van der Waals surface area contributed by atoms with Gasteiger partial charge in [-0.25, -0.2) is 4.79 Å². The molecule has 0 fully saturated rings. The fraction of sp³-hybridized carbons (Fsp3) is 0.429. The molecule has 0 aliphatic rings. The van der Waals surface area contributed by atoms with Crippen molar-refractivity contribution in [2.45, 2.75) is 5.75 Å². The largest absolute Gasteiger partial charge is 0.464 e. The van der Waals surface area contributed by atoms with E-state index in [4.69, 9.17) is 0 Å². The summed E-state index contributed by atoms with van der Waals surface area (Å²) in [6.07, 6.45) is 0. The molecule has 0 saturated heterocycles. The third kappa shape index (κ3) is 8.86. The van der Waals surface area contributed by atoms with Gasteiger partial charge in [-0.2, -0.15) is 32.8 Å². The Morgan fingerprint density at radius 2 is 1.92 bits per heavy atom. The molecular weight excluding hydrogens is 390 g/mol. The van der Waals surface area contributed by atoms with Crippen LogP contribution < -0.4 is 0 Å². The molecule has 0 saturated carbocycles. The quantitative estimate of drug-likeness (QED) is 0.167. The van der Waals surface area contributed by atoms with Crippen LogP contribution in [0.5, 0.6) is 0 Å². The molecule has 0 N–H and O–H groups in total. The lowest BCUT2D eigenvalue weighted by atomic mass is 10.2. The van der Waals surface area contributed by atoms with E-state index in [-0.39, 0.29) is 10.8 Å². The first-order chi connectivity index (χ1) is 11.5. The summed E-state index contributed by atoms with van der Waals surface area (Å²) in [5, 5.41) is 3.35. The number of nitrogens with zero attached hydrogens (tertiary/aromatic N) is 1. The molecule has 1 aromatic rings. The van der Waals surface area contributed by atoms with Gasteiger partial charge in [0.25, 0.3) is 0 Å². The standard InChI is InChI=1S/C14H19NO5S4/c1-19-14(16)13(23-10-9-22-8-7-21)15-20-24(17,18)11-12-5-3-2-4-6-12/h2-6,21H,7-11H2,1H3. The zero-order valence-corrected chi connectivity index (χ0v) is 16.4. The molecule has 0 aromatic heterocycles. The molecule has 0 amide bonds. The fourth-order valence-corrected chi connectivity index (χ4v) is 4.37. The van der Waals surface area contributed by atoms with E-state index in [1.807, 2.05) is 0 Å². The molecule has 10 heteroatoms. The van der Waals surface area contributed by atoms with Crippen molar-refractivity contribution in [1.82, 2.24) is 0 Å². The highest BCUT2D eigenvalue weighted by Crippen LogP contribution is 2.13. The van der Waals surface area contributed by atoms with Gasteiger partial charge < -0.3 is 4.74 Å². The summed E-state index contributed by atoms with van der Waals surface area (Å²) in [6.45, 7) is 0. The van der Waals surface area contributed by atoms with Crippen LogP contribution in [0.1, 0.15) is 5.56 Å². The van der Waals surface area contributed by atoms with Crippen molar-refractivity contribution in [2.24, 2.45) is 5.16 Å². The Labute approximate surface area is 156 Å². The zero-order valence-electron chi connectivity index (χ0n) is 13.1. The number of methoxy groups -OCH3 is 1. The van der Waals surface area contributed by atoms with E-state index in [2.05, 4.69) is 26.8 Å². The molecule has 0 aliphatic heterocycles. The van der Waals surface area contributed by atoms with Gasteiger partial charge in [-0.3, -0.25) is 4.28 Å². The molecule has 0 heterocycles. The number of rotatable bonds is 9. The topological polar surface area (TPSA) is 82.0 Å². The second kappa shape index (κ2) is 11.7. The summed E-state index contributed by atoms with van der Waals surface area (Å²) in [5.74, 6) is 1.97.